The van der Waals surface area contributed by atoms with E-state index in [0.29, 0.717) is 24.6 Å². The van der Waals surface area contributed by atoms with Crippen molar-refractivity contribution in [1.82, 2.24) is 4.57 Å². The Morgan fingerprint density at radius 2 is 2.12 bits per heavy atom. The maximum absolute atomic E-state index is 12.2. The molecular formula is C13H20ClNO2. The second-order valence-corrected chi connectivity index (χ2v) is 4.64. The van der Waals surface area contributed by atoms with E-state index in [1.165, 1.54) is 0 Å². The van der Waals surface area contributed by atoms with Crippen molar-refractivity contribution in [2.24, 2.45) is 0 Å². The number of halogens is 1. The van der Waals surface area contributed by atoms with Gasteiger partial charge in [0.25, 0.3) is 5.56 Å². The molecule has 0 aliphatic heterocycles. The largest absolute Gasteiger partial charge is 0.385 e. The summed E-state index contributed by atoms with van der Waals surface area (Å²) in [5.41, 5.74) is 1.75. The third kappa shape index (κ3) is 3.58. The highest BCUT2D eigenvalue weighted by molar-refractivity contribution is 6.17. The number of alkyl halides is 1. The van der Waals surface area contributed by atoms with Crippen molar-refractivity contribution in [3.63, 3.8) is 0 Å². The van der Waals surface area contributed by atoms with E-state index in [0.717, 1.165) is 12.1 Å². The molecule has 17 heavy (non-hydrogen) atoms. The molecule has 0 unspecified atom stereocenters. The molecule has 0 spiro atoms. The van der Waals surface area contributed by atoms with Gasteiger partial charge in [0.2, 0.25) is 0 Å². The molecule has 0 aliphatic carbocycles. The van der Waals surface area contributed by atoms with Gasteiger partial charge >= 0.3 is 0 Å². The average Bonchev–Trinajstić information content (AvgIpc) is 2.31. The molecule has 0 saturated carbocycles. The van der Waals surface area contributed by atoms with Crippen molar-refractivity contribution >= 4 is 11.6 Å². The zero-order valence-electron chi connectivity index (χ0n) is 10.7. The molecule has 1 aromatic rings. The minimum Gasteiger partial charge on any atom is -0.385 e. The van der Waals surface area contributed by atoms with Crippen LogP contribution in [0, 0.1) is 0 Å². The summed E-state index contributed by atoms with van der Waals surface area (Å²) >= 11 is 5.76. The molecule has 1 rings (SSSR count). The van der Waals surface area contributed by atoms with Crippen LogP contribution in [0.3, 0.4) is 0 Å². The topological polar surface area (TPSA) is 31.2 Å². The minimum absolute atomic E-state index is 0.0299. The Hall–Kier alpha value is -0.800. The van der Waals surface area contributed by atoms with E-state index >= 15 is 0 Å². The van der Waals surface area contributed by atoms with Crippen LogP contribution in [0.4, 0.5) is 0 Å². The minimum atomic E-state index is 0.0299. The summed E-state index contributed by atoms with van der Waals surface area (Å²) in [4.78, 5) is 12.2. The first-order valence-electron chi connectivity index (χ1n) is 5.89. The Balaban J connectivity index is 3.07. The fourth-order valence-corrected chi connectivity index (χ4v) is 2.04. The molecule has 0 bridgehead atoms. The van der Waals surface area contributed by atoms with Gasteiger partial charge in [0.15, 0.2) is 0 Å². The summed E-state index contributed by atoms with van der Waals surface area (Å²) in [6, 6.07) is 3.83. The van der Waals surface area contributed by atoms with Crippen molar-refractivity contribution in [1.29, 1.82) is 0 Å². The van der Waals surface area contributed by atoms with Crippen LogP contribution in [-0.4, -0.2) is 18.3 Å². The van der Waals surface area contributed by atoms with Crippen LogP contribution < -0.4 is 5.56 Å². The van der Waals surface area contributed by atoms with Crippen LogP contribution in [0.25, 0.3) is 0 Å². The molecule has 0 radical (unpaired) electrons. The highest BCUT2D eigenvalue weighted by atomic mass is 35.5. The highest BCUT2D eigenvalue weighted by Gasteiger charge is 2.10. The standard InChI is InChI=1S/C13H20ClNO2/c1-10(2)12-6-5-11(9-14)13(16)15(12)7-4-8-17-3/h5-6,10H,4,7-9H2,1-3H3. The number of aromatic nitrogens is 1. The first-order chi connectivity index (χ1) is 8.11. The van der Waals surface area contributed by atoms with Gasteiger partial charge in [-0.1, -0.05) is 19.9 Å². The fourth-order valence-electron chi connectivity index (χ4n) is 1.84. The Morgan fingerprint density at radius 1 is 1.41 bits per heavy atom. The van der Waals surface area contributed by atoms with Crippen molar-refractivity contribution in [3.8, 4) is 0 Å². The third-order valence-corrected chi connectivity index (χ3v) is 3.04. The number of methoxy groups -OCH3 is 1. The van der Waals surface area contributed by atoms with Crippen LogP contribution in [0.2, 0.25) is 0 Å². The molecule has 0 N–H and O–H groups in total. The number of hydrogen-bond acceptors (Lipinski definition) is 2. The zero-order valence-corrected chi connectivity index (χ0v) is 11.5. The van der Waals surface area contributed by atoms with Gasteiger partial charge in [-0.05, 0) is 18.4 Å². The lowest BCUT2D eigenvalue weighted by Gasteiger charge is -2.16. The van der Waals surface area contributed by atoms with E-state index < -0.39 is 0 Å². The number of pyridine rings is 1. The van der Waals surface area contributed by atoms with E-state index in [4.69, 9.17) is 16.3 Å². The maximum Gasteiger partial charge on any atom is 0.255 e. The van der Waals surface area contributed by atoms with Crippen LogP contribution in [-0.2, 0) is 17.2 Å². The number of rotatable bonds is 6. The Kier molecular flexibility index (Phi) is 5.72. The fraction of sp³-hybridized carbons (Fsp3) is 0.615. The summed E-state index contributed by atoms with van der Waals surface area (Å²) in [5, 5.41) is 0. The van der Waals surface area contributed by atoms with Gasteiger partial charge in [-0.3, -0.25) is 4.79 Å². The SMILES string of the molecule is COCCCn1c(C(C)C)ccc(CCl)c1=O. The zero-order chi connectivity index (χ0) is 12.8. The Labute approximate surface area is 107 Å². The maximum atomic E-state index is 12.2. The van der Waals surface area contributed by atoms with Crippen molar-refractivity contribution in [3.05, 3.63) is 33.7 Å². The lowest BCUT2D eigenvalue weighted by atomic mass is 10.1. The summed E-state index contributed by atoms with van der Waals surface area (Å²) in [7, 11) is 1.67. The predicted octanol–water partition coefficient (Wildman–Crippen LogP) is 2.75. The van der Waals surface area contributed by atoms with E-state index in [-0.39, 0.29) is 11.4 Å². The number of nitrogens with zero attached hydrogens (tertiary/aromatic N) is 1. The molecule has 0 atom stereocenters. The molecule has 0 aliphatic rings. The molecule has 4 heteroatoms. The third-order valence-electron chi connectivity index (χ3n) is 2.75. The summed E-state index contributed by atoms with van der Waals surface area (Å²) in [5.74, 6) is 0.594. The van der Waals surface area contributed by atoms with E-state index in [1.54, 1.807) is 7.11 Å². The molecule has 0 saturated heterocycles. The van der Waals surface area contributed by atoms with Gasteiger partial charge in [-0.15, -0.1) is 11.6 Å². The molecule has 3 nitrogen and oxygen atoms in total. The van der Waals surface area contributed by atoms with E-state index in [2.05, 4.69) is 13.8 Å². The lowest BCUT2D eigenvalue weighted by molar-refractivity contribution is 0.189. The second-order valence-electron chi connectivity index (χ2n) is 4.37. The van der Waals surface area contributed by atoms with Crippen molar-refractivity contribution in [2.75, 3.05) is 13.7 Å². The number of ether oxygens (including phenoxy) is 1. The Morgan fingerprint density at radius 3 is 2.65 bits per heavy atom. The predicted molar refractivity (Wildman–Crippen MR) is 70.8 cm³/mol. The van der Waals surface area contributed by atoms with Crippen molar-refractivity contribution in [2.45, 2.75) is 38.6 Å². The normalized spacial score (nSPS) is 11.1. The van der Waals surface area contributed by atoms with Gasteiger partial charge < -0.3 is 9.30 Å². The van der Waals surface area contributed by atoms with Crippen molar-refractivity contribution < 1.29 is 4.74 Å². The van der Waals surface area contributed by atoms with Gasteiger partial charge in [0.05, 0.1) is 5.88 Å². The lowest BCUT2D eigenvalue weighted by Crippen LogP contribution is -2.27. The molecule has 96 valence electrons. The van der Waals surface area contributed by atoms with Crippen LogP contribution >= 0.6 is 11.6 Å². The molecule has 0 aromatic carbocycles. The molecule has 1 heterocycles. The van der Waals surface area contributed by atoms with Gasteiger partial charge in [0, 0.05) is 31.5 Å². The quantitative estimate of drug-likeness (QED) is 0.580. The summed E-state index contributed by atoms with van der Waals surface area (Å²) < 4.78 is 6.84. The van der Waals surface area contributed by atoms with Gasteiger partial charge in [-0.25, -0.2) is 0 Å². The Bertz CT molecular complexity index is 412. The average molecular weight is 258 g/mol. The first-order valence-corrected chi connectivity index (χ1v) is 6.42. The van der Waals surface area contributed by atoms with Gasteiger partial charge in [0.1, 0.15) is 0 Å². The monoisotopic (exact) mass is 257 g/mol. The first kappa shape index (κ1) is 14.3. The molecule has 0 fully saturated rings. The van der Waals surface area contributed by atoms with Crippen LogP contribution in [0.5, 0.6) is 0 Å². The molecule has 0 amide bonds. The number of hydrogen-bond donors (Lipinski definition) is 0. The summed E-state index contributed by atoms with van der Waals surface area (Å²) in [6.45, 7) is 5.52. The summed E-state index contributed by atoms with van der Waals surface area (Å²) in [6.07, 6.45) is 0.835. The van der Waals surface area contributed by atoms with E-state index in [1.807, 2.05) is 16.7 Å². The molecular weight excluding hydrogens is 238 g/mol. The molecule has 1 aromatic heterocycles. The van der Waals surface area contributed by atoms with Crippen LogP contribution in [0.15, 0.2) is 16.9 Å². The smallest absolute Gasteiger partial charge is 0.255 e. The highest BCUT2D eigenvalue weighted by Crippen LogP contribution is 2.14. The second kappa shape index (κ2) is 6.82. The van der Waals surface area contributed by atoms with E-state index in [9.17, 15) is 4.79 Å². The van der Waals surface area contributed by atoms with Gasteiger partial charge in [-0.2, -0.15) is 0 Å². The van der Waals surface area contributed by atoms with Crippen LogP contribution in [0.1, 0.15) is 37.4 Å².